The minimum Gasteiger partial charge on any atom is -0.368 e. The van der Waals surface area contributed by atoms with Crippen molar-refractivity contribution in [2.45, 2.75) is 11.8 Å². The molecule has 0 aromatic heterocycles. The van der Waals surface area contributed by atoms with Crippen LogP contribution in [-0.2, 0) is 10.0 Å². The molecule has 1 fully saturated rings. The Morgan fingerprint density at radius 1 is 1.04 bits per heavy atom. The number of benzene rings is 2. The maximum Gasteiger partial charge on any atom is 0.255 e. The van der Waals surface area contributed by atoms with Gasteiger partial charge in [0, 0.05) is 46.0 Å². The highest BCUT2D eigenvalue weighted by Crippen LogP contribution is 2.25. The second-order valence-corrected chi connectivity index (χ2v) is 9.61. The molecule has 8 heteroatoms. The highest BCUT2D eigenvalue weighted by atomic mass is 35.5. The predicted molar refractivity (Wildman–Crippen MR) is 112 cm³/mol. The summed E-state index contributed by atoms with van der Waals surface area (Å²) >= 11 is 6.22. The van der Waals surface area contributed by atoms with E-state index < -0.39 is 10.0 Å². The number of hydrogen-bond acceptors (Lipinski definition) is 4. The smallest absolute Gasteiger partial charge is 0.255 e. The molecule has 2 aromatic rings. The van der Waals surface area contributed by atoms with Crippen LogP contribution in [0, 0.1) is 6.92 Å². The summed E-state index contributed by atoms with van der Waals surface area (Å²) in [4.78, 5) is 17.0. The fraction of sp³-hybridized carbons (Fsp3) is 0.350. The fourth-order valence-electron chi connectivity index (χ4n) is 3.20. The van der Waals surface area contributed by atoms with E-state index in [1.165, 1.54) is 37.9 Å². The zero-order chi connectivity index (χ0) is 20.5. The molecule has 3 rings (SSSR count). The van der Waals surface area contributed by atoms with E-state index >= 15 is 0 Å². The first-order valence-corrected chi connectivity index (χ1v) is 10.8. The summed E-state index contributed by atoms with van der Waals surface area (Å²) in [5.41, 5.74) is 2.56. The first-order chi connectivity index (χ1) is 13.2. The van der Waals surface area contributed by atoms with Crippen LogP contribution in [0.15, 0.2) is 47.4 Å². The topological polar surface area (TPSA) is 60.9 Å². The van der Waals surface area contributed by atoms with E-state index in [-0.39, 0.29) is 21.4 Å². The van der Waals surface area contributed by atoms with Gasteiger partial charge in [-0.05, 0) is 42.8 Å². The quantitative estimate of drug-likeness (QED) is 0.761. The van der Waals surface area contributed by atoms with Crippen LogP contribution in [0.5, 0.6) is 0 Å². The summed E-state index contributed by atoms with van der Waals surface area (Å²) in [5, 5.41) is 0.254. The van der Waals surface area contributed by atoms with Gasteiger partial charge in [-0.25, -0.2) is 12.7 Å². The van der Waals surface area contributed by atoms with Gasteiger partial charge in [0.1, 0.15) is 0 Å². The van der Waals surface area contributed by atoms with Crippen LogP contribution in [-0.4, -0.2) is 63.8 Å². The number of anilines is 1. The Bertz CT molecular complexity index is 984. The van der Waals surface area contributed by atoms with Gasteiger partial charge in [-0.2, -0.15) is 0 Å². The molecule has 1 aliphatic heterocycles. The second kappa shape index (κ2) is 8.11. The number of carbonyl (C=O) groups excluding carboxylic acids is 1. The summed E-state index contributed by atoms with van der Waals surface area (Å²) in [6.07, 6.45) is 0. The summed E-state index contributed by atoms with van der Waals surface area (Å²) in [6.45, 7) is 4.58. The number of nitrogens with zero attached hydrogens (tertiary/aromatic N) is 3. The van der Waals surface area contributed by atoms with Gasteiger partial charge < -0.3 is 9.80 Å². The third-order valence-corrected chi connectivity index (χ3v) is 7.02. The molecule has 2 aromatic carbocycles. The maximum atomic E-state index is 13.0. The van der Waals surface area contributed by atoms with Gasteiger partial charge in [-0.3, -0.25) is 4.79 Å². The molecule has 6 nitrogen and oxygen atoms in total. The van der Waals surface area contributed by atoms with E-state index in [9.17, 15) is 13.2 Å². The number of amides is 1. The van der Waals surface area contributed by atoms with E-state index in [0.717, 1.165) is 9.99 Å². The van der Waals surface area contributed by atoms with Crippen LogP contribution in [0.2, 0.25) is 5.02 Å². The monoisotopic (exact) mass is 421 g/mol. The SMILES string of the molecule is Cc1cccc(N2CCN(C(=O)c3cc(S(=O)(=O)N(C)C)ccc3Cl)CC2)c1. The average molecular weight is 422 g/mol. The minimum atomic E-state index is -3.63. The van der Waals surface area contributed by atoms with E-state index in [0.29, 0.717) is 26.2 Å². The molecule has 28 heavy (non-hydrogen) atoms. The number of aryl methyl sites for hydroxylation is 1. The van der Waals surface area contributed by atoms with Gasteiger partial charge in [0.05, 0.1) is 15.5 Å². The normalized spacial score (nSPS) is 15.2. The molecular formula is C20H24ClN3O3S. The molecule has 150 valence electrons. The van der Waals surface area contributed by atoms with Crippen molar-refractivity contribution in [1.82, 2.24) is 9.21 Å². The van der Waals surface area contributed by atoms with E-state index in [2.05, 4.69) is 30.0 Å². The molecule has 0 saturated carbocycles. The summed E-state index contributed by atoms with van der Waals surface area (Å²) in [6, 6.07) is 12.5. The van der Waals surface area contributed by atoms with E-state index in [1.54, 1.807) is 4.90 Å². The Morgan fingerprint density at radius 3 is 2.32 bits per heavy atom. The highest BCUT2D eigenvalue weighted by molar-refractivity contribution is 7.89. The molecule has 0 N–H and O–H groups in total. The van der Waals surface area contributed by atoms with Crippen LogP contribution < -0.4 is 4.90 Å². The Morgan fingerprint density at radius 2 is 1.71 bits per heavy atom. The lowest BCUT2D eigenvalue weighted by molar-refractivity contribution is 0.0746. The number of piperazine rings is 1. The minimum absolute atomic E-state index is 0.0589. The zero-order valence-electron chi connectivity index (χ0n) is 16.2. The lowest BCUT2D eigenvalue weighted by Gasteiger charge is -2.36. The molecule has 0 radical (unpaired) electrons. The molecular weight excluding hydrogens is 398 g/mol. The number of sulfonamides is 1. The number of rotatable bonds is 4. The van der Waals surface area contributed by atoms with Crippen LogP contribution in [0.1, 0.15) is 15.9 Å². The van der Waals surface area contributed by atoms with Gasteiger partial charge in [0.2, 0.25) is 10.0 Å². The van der Waals surface area contributed by atoms with Crippen molar-refractivity contribution in [3.63, 3.8) is 0 Å². The molecule has 0 aliphatic carbocycles. The van der Waals surface area contributed by atoms with Crippen molar-refractivity contribution in [3.8, 4) is 0 Å². The average Bonchev–Trinajstić information content (AvgIpc) is 2.67. The molecule has 1 saturated heterocycles. The summed E-state index contributed by atoms with van der Waals surface area (Å²) < 4.78 is 25.9. The third-order valence-electron chi connectivity index (χ3n) is 4.88. The molecule has 0 atom stereocenters. The van der Waals surface area contributed by atoms with E-state index in [1.807, 2.05) is 6.07 Å². The fourth-order valence-corrected chi connectivity index (χ4v) is 4.33. The van der Waals surface area contributed by atoms with Gasteiger partial charge in [0.15, 0.2) is 0 Å². The van der Waals surface area contributed by atoms with E-state index in [4.69, 9.17) is 11.6 Å². The number of hydrogen-bond donors (Lipinski definition) is 0. The lowest BCUT2D eigenvalue weighted by Crippen LogP contribution is -2.48. The summed E-state index contributed by atoms with van der Waals surface area (Å²) in [7, 11) is -0.725. The summed E-state index contributed by atoms with van der Waals surface area (Å²) in [5.74, 6) is -0.246. The molecule has 0 bridgehead atoms. The Balaban J connectivity index is 1.77. The molecule has 1 amide bonds. The standard InChI is InChI=1S/C20H24ClN3O3S/c1-15-5-4-6-16(13-15)23-9-11-24(12-10-23)20(25)18-14-17(7-8-19(18)21)28(26,27)22(2)3/h4-8,13-14H,9-12H2,1-3H3. The van der Waals surface area contributed by atoms with Crippen LogP contribution >= 0.6 is 11.6 Å². The first kappa shape index (κ1) is 20.6. The largest absolute Gasteiger partial charge is 0.368 e. The molecule has 1 heterocycles. The van der Waals surface area contributed by atoms with Crippen molar-refractivity contribution in [3.05, 3.63) is 58.6 Å². The molecule has 0 unspecified atom stereocenters. The third kappa shape index (κ3) is 4.16. The Kier molecular flexibility index (Phi) is 5.98. The zero-order valence-corrected chi connectivity index (χ0v) is 17.8. The van der Waals surface area contributed by atoms with Crippen molar-refractivity contribution in [1.29, 1.82) is 0 Å². The van der Waals surface area contributed by atoms with Crippen LogP contribution in [0.3, 0.4) is 0 Å². The molecule has 0 spiro atoms. The Labute approximate surface area is 171 Å². The Hall–Kier alpha value is -2.09. The maximum absolute atomic E-state index is 13.0. The van der Waals surface area contributed by atoms with Crippen LogP contribution in [0.25, 0.3) is 0 Å². The second-order valence-electron chi connectivity index (χ2n) is 7.05. The van der Waals surface area contributed by atoms with Gasteiger partial charge in [0.25, 0.3) is 5.91 Å². The van der Waals surface area contributed by atoms with Crippen molar-refractivity contribution < 1.29 is 13.2 Å². The molecule has 1 aliphatic rings. The highest BCUT2D eigenvalue weighted by Gasteiger charge is 2.26. The lowest BCUT2D eigenvalue weighted by atomic mass is 10.1. The van der Waals surface area contributed by atoms with Crippen LogP contribution in [0.4, 0.5) is 5.69 Å². The first-order valence-electron chi connectivity index (χ1n) is 9.03. The number of carbonyl (C=O) groups is 1. The predicted octanol–water partition coefficient (Wildman–Crippen LogP) is 2.86. The number of halogens is 1. The van der Waals surface area contributed by atoms with Crippen molar-refractivity contribution >= 4 is 33.2 Å². The van der Waals surface area contributed by atoms with Crippen molar-refractivity contribution in [2.75, 3.05) is 45.2 Å². The van der Waals surface area contributed by atoms with Gasteiger partial charge in [-0.15, -0.1) is 0 Å². The van der Waals surface area contributed by atoms with Gasteiger partial charge in [-0.1, -0.05) is 23.7 Å². The van der Waals surface area contributed by atoms with Gasteiger partial charge >= 0.3 is 0 Å². The van der Waals surface area contributed by atoms with Crippen molar-refractivity contribution in [2.24, 2.45) is 0 Å².